The zero-order valence-electron chi connectivity index (χ0n) is 6.60. The van der Waals surface area contributed by atoms with Crippen LogP contribution in [0.1, 0.15) is 20.3 Å². The van der Waals surface area contributed by atoms with Crippen LogP contribution < -0.4 is 0 Å². The van der Waals surface area contributed by atoms with Gasteiger partial charge >= 0.3 is 0 Å². The predicted octanol–water partition coefficient (Wildman–Crippen LogP) is 2.42. The Kier molecular flexibility index (Phi) is 3.17. The molecule has 1 nitrogen and oxygen atoms in total. The van der Waals surface area contributed by atoms with Gasteiger partial charge in [0.15, 0.2) is 0 Å². The Balaban J connectivity index is 2.42. The molecule has 0 amide bonds. The van der Waals surface area contributed by atoms with Crippen LogP contribution >= 0.6 is 22.6 Å². The van der Waals surface area contributed by atoms with Crippen molar-refractivity contribution in [3.8, 4) is 0 Å². The smallest absolute Gasteiger partial charge is 0.0176 e. The van der Waals surface area contributed by atoms with E-state index in [2.05, 4.69) is 47.4 Å². The monoisotopic (exact) mass is 251 g/mol. The second kappa shape index (κ2) is 3.72. The van der Waals surface area contributed by atoms with Gasteiger partial charge in [-0.1, -0.05) is 6.08 Å². The van der Waals surface area contributed by atoms with Crippen molar-refractivity contribution in [1.82, 2.24) is 4.90 Å². The van der Waals surface area contributed by atoms with Gasteiger partial charge in [-0.25, -0.2) is 0 Å². The average Bonchev–Trinajstić information content (AvgIpc) is 1.88. The highest BCUT2D eigenvalue weighted by atomic mass is 127. The van der Waals surface area contributed by atoms with Gasteiger partial charge in [0.25, 0.3) is 0 Å². The predicted molar refractivity (Wildman–Crippen MR) is 53.4 cm³/mol. The van der Waals surface area contributed by atoms with Gasteiger partial charge in [0.2, 0.25) is 0 Å². The molecule has 1 aliphatic heterocycles. The van der Waals surface area contributed by atoms with Crippen LogP contribution in [-0.2, 0) is 0 Å². The van der Waals surface area contributed by atoms with E-state index in [0.29, 0.717) is 6.04 Å². The summed E-state index contributed by atoms with van der Waals surface area (Å²) in [7, 11) is 0. The zero-order chi connectivity index (χ0) is 7.56. The van der Waals surface area contributed by atoms with Crippen LogP contribution in [0.3, 0.4) is 0 Å². The van der Waals surface area contributed by atoms with Gasteiger partial charge < -0.3 is 0 Å². The lowest BCUT2D eigenvalue weighted by Gasteiger charge is -2.28. The highest BCUT2D eigenvalue weighted by molar-refractivity contribution is 14.1. The quantitative estimate of drug-likeness (QED) is 0.647. The van der Waals surface area contributed by atoms with Crippen molar-refractivity contribution >= 4 is 22.6 Å². The topological polar surface area (TPSA) is 3.24 Å². The Labute approximate surface area is 76.6 Å². The fourth-order valence-electron chi connectivity index (χ4n) is 1.13. The molecule has 0 N–H and O–H groups in total. The van der Waals surface area contributed by atoms with E-state index in [1.807, 2.05) is 0 Å². The first-order chi connectivity index (χ1) is 4.70. The molecule has 0 aromatic carbocycles. The third-order valence-electron chi connectivity index (χ3n) is 1.92. The van der Waals surface area contributed by atoms with Gasteiger partial charge in [0, 0.05) is 19.1 Å². The van der Waals surface area contributed by atoms with E-state index < -0.39 is 0 Å². The number of rotatable bonds is 1. The van der Waals surface area contributed by atoms with Crippen molar-refractivity contribution in [2.45, 2.75) is 26.3 Å². The van der Waals surface area contributed by atoms with E-state index in [-0.39, 0.29) is 0 Å². The fourth-order valence-corrected chi connectivity index (χ4v) is 1.57. The summed E-state index contributed by atoms with van der Waals surface area (Å²) in [5, 5.41) is 0. The Morgan fingerprint density at radius 1 is 1.60 bits per heavy atom. The third-order valence-corrected chi connectivity index (χ3v) is 2.90. The first-order valence-electron chi connectivity index (χ1n) is 3.78. The van der Waals surface area contributed by atoms with Gasteiger partial charge in [-0.15, -0.1) is 0 Å². The average molecular weight is 251 g/mol. The summed E-state index contributed by atoms with van der Waals surface area (Å²) >= 11 is 2.42. The molecule has 0 spiro atoms. The van der Waals surface area contributed by atoms with Gasteiger partial charge in [-0.05, 0) is 46.4 Å². The Bertz CT molecular complexity index is 140. The van der Waals surface area contributed by atoms with Gasteiger partial charge in [0.1, 0.15) is 0 Å². The third kappa shape index (κ3) is 2.23. The van der Waals surface area contributed by atoms with Crippen LogP contribution in [0.25, 0.3) is 0 Å². The van der Waals surface area contributed by atoms with E-state index in [1.54, 1.807) is 0 Å². The lowest BCUT2D eigenvalue weighted by molar-refractivity contribution is 0.242. The van der Waals surface area contributed by atoms with Crippen LogP contribution in [-0.4, -0.2) is 24.0 Å². The van der Waals surface area contributed by atoms with Crippen molar-refractivity contribution in [3.05, 3.63) is 9.66 Å². The molecule has 0 aromatic rings. The van der Waals surface area contributed by atoms with Crippen molar-refractivity contribution in [1.29, 1.82) is 0 Å². The summed E-state index contributed by atoms with van der Waals surface area (Å²) in [6, 6.07) is 0.709. The van der Waals surface area contributed by atoms with Crippen LogP contribution in [0, 0.1) is 0 Å². The molecule has 0 aromatic heterocycles. The lowest BCUT2D eigenvalue weighted by atomic mass is 10.2. The molecule has 0 radical (unpaired) electrons. The highest BCUT2D eigenvalue weighted by Gasteiger charge is 2.11. The SMILES string of the molecule is CC(C)N1CC=C(I)CC1. The first-order valence-corrected chi connectivity index (χ1v) is 4.86. The molecular weight excluding hydrogens is 237 g/mol. The molecular formula is C8H14IN. The van der Waals surface area contributed by atoms with Crippen LogP contribution in [0.4, 0.5) is 0 Å². The van der Waals surface area contributed by atoms with E-state index in [9.17, 15) is 0 Å². The van der Waals surface area contributed by atoms with Crippen LogP contribution in [0.5, 0.6) is 0 Å². The summed E-state index contributed by atoms with van der Waals surface area (Å²) < 4.78 is 1.52. The van der Waals surface area contributed by atoms with Gasteiger partial charge in [0.05, 0.1) is 0 Å². The second-order valence-electron chi connectivity index (χ2n) is 2.99. The van der Waals surface area contributed by atoms with Gasteiger partial charge in [-0.3, -0.25) is 4.90 Å². The minimum Gasteiger partial charge on any atom is -0.297 e. The molecule has 1 rings (SSSR count). The number of hydrogen-bond acceptors (Lipinski definition) is 1. The Morgan fingerprint density at radius 2 is 2.30 bits per heavy atom. The Morgan fingerprint density at radius 3 is 2.70 bits per heavy atom. The van der Waals surface area contributed by atoms with E-state index in [4.69, 9.17) is 0 Å². The van der Waals surface area contributed by atoms with E-state index in [1.165, 1.54) is 16.5 Å². The summed E-state index contributed by atoms with van der Waals surface area (Å²) in [6.45, 7) is 6.90. The molecule has 0 atom stereocenters. The molecule has 58 valence electrons. The molecule has 0 fully saturated rings. The standard InChI is InChI=1S/C8H14IN/c1-7(2)10-5-3-8(9)4-6-10/h3,7H,4-6H2,1-2H3. The Hall–Kier alpha value is 0.430. The summed E-state index contributed by atoms with van der Waals surface area (Å²) in [5.74, 6) is 0. The zero-order valence-corrected chi connectivity index (χ0v) is 8.76. The fraction of sp³-hybridized carbons (Fsp3) is 0.750. The van der Waals surface area contributed by atoms with Crippen LogP contribution in [0.15, 0.2) is 9.66 Å². The summed E-state index contributed by atoms with van der Waals surface area (Å²) in [6.07, 6.45) is 3.57. The molecule has 0 unspecified atom stereocenters. The maximum absolute atomic E-state index is 2.49. The van der Waals surface area contributed by atoms with E-state index >= 15 is 0 Å². The molecule has 1 aliphatic rings. The normalized spacial score (nSPS) is 21.4. The lowest BCUT2D eigenvalue weighted by Crippen LogP contribution is -2.34. The summed E-state index contributed by atoms with van der Waals surface area (Å²) in [5.41, 5.74) is 0. The number of hydrogen-bond donors (Lipinski definition) is 0. The van der Waals surface area contributed by atoms with Crippen molar-refractivity contribution in [3.63, 3.8) is 0 Å². The first kappa shape index (κ1) is 8.53. The second-order valence-corrected chi connectivity index (χ2v) is 4.38. The van der Waals surface area contributed by atoms with Gasteiger partial charge in [-0.2, -0.15) is 0 Å². The molecule has 0 saturated carbocycles. The van der Waals surface area contributed by atoms with E-state index in [0.717, 1.165) is 6.54 Å². The molecule has 0 bridgehead atoms. The molecule has 0 saturated heterocycles. The molecule has 2 heteroatoms. The maximum Gasteiger partial charge on any atom is 0.0176 e. The minimum absolute atomic E-state index is 0.709. The maximum atomic E-state index is 2.49. The van der Waals surface area contributed by atoms with Crippen molar-refractivity contribution < 1.29 is 0 Å². The highest BCUT2D eigenvalue weighted by Crippen LogP contribution is 2.17. The van der Waals surface area contributed by atoms with Crippen molar-refractivity contribution in [2.24, 2.45) is 0 Å². The van der Waals surface area contributed by atoms with Crippen LogP contribution in [0.2, 0.25) is 0 Å². The molecule has 0 aliphatic carbocycles. The minimum atomic E-state index is 0.709. The molecule has 1 heterocycles. The van der Waals surface area contributed by atoms with Crippen molar-refractivity contribution in [2.75, 3.05) is 13.1 Å². The summed E-state index contributed by atoms with van der Waals surface area (Å²) in [4.78, 5) is 2.49. The largest absolute Gasteiger partial charge is 0.297 e. The number of halogens is 1. The number of nitrogens with zero attached hydrogens (tertiary/aromatic N) is 1. The molecule has 10 heavy (non-hydrogen) atoms.